The minimum Gasteiger partial charge on any atom is -0.444 e. The van der Waals surface area contributed by atoms with E-state index in [9.17, 15) is 4.79 Å². The lowest BCUT2D eigenvalue weighted by Gasteiger charge is -2.24. The van der Waals surface area contributed by atoms with E-state index in [2.05, 4.69) is 41.8 Å². The Kier molecular flexibility index (Phi) is 4.88. The maximum Gasteiger partial charge on any atom is 0.407 e. The van der Waals surface area contributed by atoms with E-state index in [0.717, 1.165) is 19.5 Å². The molecule has 0 aromatic heterocycles. The fourth-order valence-corrected chi connectivity index (χ4v) is 2.70. The molecule has 2 rings (SSSR count). The maximum atomic E-state index is 11.9. The van der Waals surface area contributed by atoms with E-state index < -0.39 is 5.60 Å². The molecule has 1 aromatic rings. The van der Waals surface area contributed by atoms with Gasteiger partial charge in [0.05, 0.1) is 0 Å². The molecule has 21 heavy (non-hydrogen) atoms. The van der Waals surface area contributed by atoms with Gasteiger partial charge in [0.25, 0.3) is 0 Å². The lowest BCUT2D eigenvalue weighted by atomic mass is 9.92. The van der Waals surface area contributed by atoms with E-state index in [1.165, 1.54) is 11.1 Å². The van der Waals surface area contributed by atoms with E-state index in [0.29, 0.717) is 5.92 Å². The van der Waals surface area contributed by atoms with Crippen LogP contribution in [-0.2, 0) is 11.2 Å². The number of amides is 1. The Morgan fingerprint density at radius 3 is 2.71 bits per heavy atom. The van der Waals surface area contributed by atoms with Gasteiger partial charge >= 0.3 is 6.09 Å². The molecule has 2 unspecified atom stereocenters. The second-order valence-corrected chi connectivity index (χ2v) is 6.80. The van der Waals surface area contributed by atoms with Crippen LogP contribution in [0.2, 0.25) is 0 Å². The van der Waals surface area contributed by atoms with Crippen LogP contribution in [0.3, 0.4) is 0 Å². The van der Waals surface area contributed by atoms with Gasteiger partial charge in [-0.1, -0.05) is 24.3 Å². The van der Waals surface area contributed by atoms with Gasteiger partial charge in [-0.2, -0.15) is 0 Å². The SMILES string of the molecule is Cc1ccccc1CC1CNCC1NC(=O)OC(C)(C)C. The monoisotopic (exact) mass is 290 g/mol. The number of alkyl carbamates (subject to hydrolysis) is 1. The Bertz CT molecular complexity index is 494. The molecule has 0 saturated carbocycles. The summed E-state index contributed by atoms with van der Waals surface area (Å²) in [5.41, 5.74) is 2.20. The Morgan fingerprint density at radius 2 is 2.05 bits per heavy atom. The third-order valence-corrected chi connectivity index (χ3v) is 3.79. The molecule has 2 N–H and O–H groups in total. The standard InChI is InChI=1S/C17H26N2O2/c1-12-7-5-6-8-13(12)9-14-10-18-11-15(14)19-16(20)21-17(2,3)4/h5-8,14-15,18H,9-11H2,1-4H3,(H,19,20). The molecule has 1 saturated heterocycles. The Morgan fingerprint density at radius 1 is 1.33 bits per heavy atom. The highest BCUT2D eigenvalue weighted by molar-refractivity contribution is 5.68. The number of ether oxygens (including phenoxy) is 1. The van der Waals surface area contributed by atoms with Crippen LogP contribution < -0.4 is 10.6 Å². The van der Waals surface area contributed by atoms with Gasteiger partial charge in [0.15, 0.2) is 0 Å². The van der Waals surface area contributed by atoms with Crippen molar-refractivity contribution >= 4 is 6.09 Å². The lowest BCUT2D eigenvalue weighted by molar-refractivity contribution is 0.0497. The summed E-state index contributed by atoms with van der Waals surface area (Å²) in [6.07, 6.45) is 0.645. The fourth-order valence-electron chi connectivity index (χ4n) is 2.70. The number of aryl methyl sites for hydroxylation is 1. The molecule has 4 nitrogen and oxygen atoms in total. The molecule has 0 bridgehead atoms. The molecule has 116 valence electrons. The van der Waals surface area contributed by atoms with E-state index >= 15 is 0 Å². The van der Waals surface area contributed by atoms with Crippen molar-refractivity contribution in [3.05, 3.63) is 35.4 Å². The zero-order chi connectivity index (χ0) is 15.5. The molecule has 0 aliphatic carbocycles. The largest absolute Gasteiger partial charge is 0.444 e. The van der Waals surface area contributed by atoms with Gasteiger partial charge in [0.2, 0.25) is 0 Å². The average molecular weight is 290 g/mol. The summed E-state index contributed by atoms with van der Waals surface area (Å²) in [6, 6.07) is 8.55. The highest BCUT2D eigenvalue weighted by Crippen LogP contribution is 2.19. The van der Waals surface area contributed by atoms with E-state index in [1.54, 1.807) is 0 Å². The van der Waals surface area contributed by atoms with E-state index in [1.807, 2.05) is 20.8 Å². The summed E-state index contributed by atoms with van der Waals surface area (Å²) in [5.74, 6) is 0.401. The Hall–Kier alpha value is -1.55. The predicted molar refractivity (Wildman–Crippen MR) is 84.4 cm³/mol. The summed E-state index contributed by atoms with van der Waals surface area (Å²) in [5, 5.41) is 6.36. The van der Waals surface area contributed by atoms with Gasteiger partial charge in [-0.3, -0.25) is 0 Å². The molecule has 1 fully saturated rings. The quantitative estimate of drug-likeness (QED) is 0.900. The summed E-state index contributed by atoms with van der Waals surface area (Å²) in [6.45, 7) is 9.50. The first-order chi connectivity index (χ1) is 9.85. The van der Waals surface area contributed by atoms with Crippen molar-refractivity contribution in [3.8, 4) is 0 Å². The normalized spacial score (nSPS) is 22.1. The van der Waals surface area contributed by atoms with Crippen LogP contribution in [0.15, 0.2) is 24.3 Å². The molecule has 1 aliphatic rings. The van der Waals surface area contributed by atoms with Crippen LogP contribution in [0.25, 0.3) is 0 Å². The zero-order valence-corrected chi connectivity index (χ0v) is 13.4. The van der Waals surface area contributed by atoms with Crippen LogP contribution in [0, 0.1) is 12.8 Å². The van der Waals surface area contributed by atoms with Gasteiger partial charge in [-0.15, -0.1) is 0 Å². The molecule has 2 atom stereocenters. The number of carbonyl (C=O) groups excluding carboxylic acids is 1. The van der Waals surface area contributed by atoms with Crippen molar-refractivity contribution in [1.29, 1.82) is 0 Å². The first kappa shape index (κ1) is 15.8. The highest BCUT2D eigenvalue weighted by atomic mass is 16.6. The van der Waals surface area contributed by atoms with Crippen LogP contribution in [0.4, 0.5) is 4.79 Å². The summed E-state index contributed by atoms with van der Waals surface area (Å²) < 4.78 is 5.34. The fraction of sp³-hybridized carbons (Fsp3) is 0.588. The zero-order valence-electron chi connectivity index (χ0n) is 13.4. The first-order valence-electron chi connectivity index (χ1n) is 7.60. The maximum absolute atomic E-state index is 11.9. The number of hydrogen-bond donors (Lipinski definition) is 2. The number of carbonyl (C=O) groups is 1. The summed E-state index contributed by atoms with van der Waals surface area (Å²) in [4.78, 5) is 11.9. The van der Waals surface area contributed by atoms with Gasteiger partial charge in [0.1, 0.15) is 5.60 Å². The van der Waals surface area contributed by atoms with Crippen molar-refractivity contribution in [3.63, 3.8) is 0 Å². The number of benzene rings is 1. The molecule has 1 heterocycles. The third-order valence-electron chi connectivity index (χ3n) is 3.79. The van der Waals surface area contributed by atoms with E-state index in [4.69, 9.17) is 4.74 Å². The van der Waals surface area contributed by atoms with Crippen molar-refractivity contribution in [2.45, 2.75) is 45.8 Å². The molecule has 0 radical (unpaired) electrons. The Labute approximate surface area is 127 Å². The molecular weight excluding hydrogens is 264 g/mol. The second-order valence-electron chi connectivity index (χ2n) is 6.80. The number of nitrogens with one attached hydrogen (secondary N) is 2. The van der Waals surface area contributed by atoms with Gasteiger partial charge < -0.3 is 15.4 Å². The molecule has 1 amide bonds. The van der Waals surface area contributed by atoms with Crippen molar-refractivity contribution in [2.24, 2.45) is 5.92 Å². The van der Waals surface area contributed by atoms with Crippen molar-refractivity contribution < 1.29 is 9.53 Å². The molecular formula is C17H26N2O2. The highest BCUT2D eigenvalue weighted by Gasteiger charge is 2.30. The predicted octanol–water partition coefficient (Wildman–Crippen LogP) is 2.65. The van der Waals surface area contributed by atoms with Crippen molar-refractivity contribution in [2.75, 3.05) is 13.1 Å². The molecule has 1 aliphatic heterocycles. The molecule has 4 heteroatoms. The van der Waals surface area contributed by atoms with Crippen molar-refractivity contribution in [1.82, 2.24) is 10.6 Å². The molecule has 1 aromatic carbocycles. The van der Waals surface area contributed by atoms with Crippen LogP contribution in [0.1, 0.15) is 31.9 Å². The first-order valence-corrected chi connectivity index (χ1v) is 7.60. The van der Waals surface area contributed by atoms with Gasteiger partial charge in [-0.25, -0.2) is 4.79 Å². The minimum absolute atomic E-state index is 0.124. The lowest BCUT2D eigenvalue weighted by Crippen LogP contribution is -2.43. The smallest absolute Gasteiger partial charge is 0.407 e. The summed E-state index contributed by atoms with van der Waals surface area (Å²) in [7, 11) is 0. The van der Waals surface area contributed by atoms with Gasteiger partial charge in [0, 0.05) is 19.1 Å². The number of hydrogen-bond acceptors (Lipinski definition) is 3. The Balaban J connectivity index is 1.94. The topological polar surface area (TPSA) is 50.4 Å². The van der Waals surface area contributed by atoms with Crippen LogP contribution >= 0.6 is 0 Å². The van der Waals surface area contributed by atoms with Crippen LogP contribution in [0.5, 0.6) is 0 Å². The molecule has 0 spiro atoms. The van der Waals surface area contributed by atoms with Crippen LogP contribution in [-0.4, -0.2) is 30.8 Å². The third kappa shape index (κ3) is 4.74. The number of rotatable bonds is 3. The summed E-state index contributed by atoms with van der Waals surface area (Å²) >= 11 is 0. The minimum atomic E-state index is -0.457. The average Bonchev–Trinajstić information content (AvgIpc) is 2.77. The van der Waals surface area contributed by atoms with E-state index in [-0.39, 0.29) is 12.1 Å². The second kappa shape index (κ2) is 6.48. The van der Waals surface area contributed by atoms with Gasteiger partial charge in [-0.05, 0) is 51.2 Å².